The number of ether oxygens (including phenoxy) is 2. The van der Waals surface area contributed by atoms with E-state index < -0.39 is 0 Å². The van der Waals surface area contributed by atoms with Gasteiger partial charge in [-0.05, 0) is 55.8 Å². The van der Waals surface area contributed by atoms with E-state index in [9.17, 15) is 5.21 Å². The Bertz CT molecular complexity index is 1300. The smallest absolute Gasteiger partial charge is 0.155 e. The highest BCUT2D eigenvalue weighted by molar-refractivity contribution is 5.85. The monoisotopic (exact) mass is 470 g/mol. The van der Waals surface area contributed by atoms with Crippen molar-refractivity contribution in [2.75, 3.05) is 33.4 Å². The first kappa shape index (κ1) is 23.1. The third-order valence-corrected chi connectivity index (χ3v) is 5.96. The van der Waals surface area contributed by atoms with Crippen LogP contribution in [0, 0.1) is 0 Å². The lowest BCUT2D eigenvalue weighted by Gasteiger charge is -2.31. The molecule has 1 saturated heterocycles. The molecule has 9 heteroatoms. The predicted molar refractivity (Wildman–Crippen MR) is 127 cm³/mol. The van der Waals surface area contributed by atoms with Crippen LogP contribution >= 0.6 is 12.4 Å². The molecule has 1 aliphatic heterocycles. The average molecular weight is 471 g/mol. The van der Waals surface area contributed by atoms with E-state index in [0.29, 0.717) is 46.2 Å². The van der Waals surface area contributed by atoms with Crippen LogP contribution in [0.4, 0.5) is 0 Å². The van der Waals surface area contributed by atoms with Crippen LogP contribution in [0.5, 0.6) is 5.75 Å². The van der Waals surface area contributed by atoms with Crippen LogP contribution in [0.15, 0.2) is 64.6 Å². The summed E-state index contributed by atoms with van der Waals surface area (Å²) in [4.78, 5) is 6.82. The van der Waals surface area contributed by atoms with Crippen LogP contribution in [0.2, 0.25) is 0 Å². The van der Waals surface area contributed by atoms with Crippen LogP contribution < -0.4 is 10.1 Å². The molecule has 0 bridgehead atoms. The fourth-order valence-corrected chi connectivity index (χ4v) is 4.22. The van der Waals surface area contributed by atoms with Crippen LogP contribution in [0.3, 0.4) is 0 Å². The fourth-order valence-electron chi connectivity index (χ4n) is 4.22. The first-order chi connectivity index (χ1) is 15.7. The molecule has 0 amide bonds. The van der Waals surface area contributed by atoms with Gasteiger partial charge in [-0.1, -0.05) is 5.16 Å². The number of nitrogens with zero attached hydrogens (tertiary/aromatic N) is 4. The molecule has 1 fully saturated rings. The van der Waals surface area contributed by atoms with Crippen molar-refractivity contribution in [3.8, 4) is 17.2 Å². The highest BCUT2D eigenvalue weighted by atomic mass is 35.5. The van der Waals surface area contributed by atoms with E-state index in [1.54, 1.807) is 19.5 Å². The van der Waals surface area contributed by atoms with Crippen molar-refractivity contribution in [1.29, 1.82) is 0 Å². The number of piperidine rings is 1. The molecular weight excluding hydrogens is 444 g/mol. The van der Waals surface area contributed by atoms with Crippen molar-refractivity contribution < 1.29 is 19.1 Å². The molecular formula is C24H27ClN4O4. The third kappa shape index (κ3) is 4.98. The third-order valence-electron chi connectivity index (χ3n) is 5.96. The van der Waals surface area contributed by atoms with Gasteiger partial charge < -0.3 is 23.5 Å². The number of halogens is 1. The molecule has 174 valence electrons. The lowest BCUT2D eigenvalue weighted by Crippen LogP contribution is -2.41. The molecule has 1 aliphatic rings. The lowest BCUT2D eigenvalue weighted by atomic mass is 10.1. The maximum absolute atomic E-state index is 9.63. The average Bonchev–Trinajstić information content (AvgIpc) is 3.31. The van der Waals surface area contributed by atoms with Crippen LogP contribution in [0.1, 0.15) is 12.8 Å². The highest BCUT2D eigenvalue weighted by Gasteiger charge is 2.19. The molecule has 33 heavy (non-hydrogen) atoms. The Hall–Kier alpha value is -3.07. The molecule has 4 aromatic rings. The summed E-state index contributed by atoms with van der Waals surface area (Å²) in [6, 6.07) is 13.1. The fraction of sp³-hybridized carbons (Fsp3) is 0.333. The minimum absolute atomic E-state index is 0. The van der Waals surface area contributed by atoms with Crippen molar-refractivity contribution in [1.82, 2.24) is 14.3 Å². The van der Waals surface area contributed by atoms with E-state index in [1.165, 1.54) is 0 Å². The number of hydrogen-bond donors (Lipinski definition) is 1. The van der Waals surface area contributed by atoms with Gasteiger partial charge in [0, 0.05) is 38.0 Å². The summed E-state index contributed by atoms with van der Waals surface area (Å²) in [6.45, 7) is 3.42. The van der Waals surface area contributed by atoms with Crippen molar-refractivity contribution in [3.05, 3.63) is 60.3 Å². The standard InChI is InChI=1S/C24H26N4O4.ClH/c1-30-19-5-3-8-27(15-19)10-11-31-18-6-7-23-20(13-18)21(26-29)14-24(32-23)22-12-17-4-2-9-28(17)16-25-22;/h2,4,6-7,9,12-14,16,19,29H,3,5,8,10-11,15H2,1H3;1H. The number of fused-ring (bicyclic) bond motifs is 2. The van der Waals surface area contributed by atoms with Gasteiger partial charge in [-0.2, -0.15) is 0 Å². The van der Waals surface area contributed by atoms with Gasteiger partial charge >= 0.3 is 0 Å². The lowest BCUT2D eigenvalue weighted by molar-refractivity contribution is 0.0272. The molecule has 1 atom stereocenters. The Balaban J connectivity index is 0.00000259. The second kappa shape index (κ2) is 10.2. The van der Waals surface area contributed by atoms with Gasteiger partial charge in [-0.25, -0.2) is 4.98 Å². The molecule has 0 spiro atoms. The molecule has 3 aromatic heterocycles. The Morgan fingerprint density at radius 2 is 2.15 bits per heavy atom. The highest BCUT2D eigenvalue weighted by Crippen LogP contribution is 2.24. The second-order valence-electron chi connectivity index (χ2n) is 8.02. The minimum Gasteiger partial charge on any atom is -0.492 e. The van der Waals surface area contributed by atoms with Crippen LogP contribution in [-0.4, -0.2) is 58.9 Å². The second-order valence-corrected chi connectivity index (χ2v) is 8.02. The number of hydrogen-bond acceptors (Lipinski definition) is 7. The number of rotatable bonds is 6. The zero-order chi connectivity index (χ0) is 21.9. The molecule has 0 saturated carbocycles. The van der Waals surface area contributed by atoms with Crippen LogP contribution in [0.25, 0.3) is 27.9 Å². The summed E-state index contributed by atoms with van der Waals surface area (Å²) in [5.41, 5.74) is 2.26. The summed E-state index contributed by atoms with van der Waals surface area (Å²) in [7, 11) is 1.77. The number of methoxy groups -OCH3 is 1. The molecule has 1 aromatic carbocycles. The molecule has 0 aliphatic carbocycles. The Morgan fingerprint density at radius 1 is 1.24 bits per heavy atom. The van der Waals surface area contributed by atoms with E-state index >= 15 is 0 Å². The van der Waals surface area contributed by atoms with Gasteiger partial charge in [-0.15, -0.1) is 12.4 Å². The topological polar surface area (TPSA) is 84.7 Å². The minimum atomic E-state index is 0. The zero-order valence-corrected chi connectivity index (χ0v) is 19.2. The Morgan fingerprint density at radius 3 is 3.00 bits per heavy atom. The number of aromatic nitrogens is 2. The van der Waals surface area contributed by atoms with E-state index in [0.717, 1.165) is 38.0 Å². The largest absolute Gasteiger partial charge is 0.492 e. The molecule has 4 heterocycles. The first-order valence-electron chi connectivity index (χ1n) is 10.8. The van der Waals surface area contributed by atoms with Crippen molar-refractivity contribution >= 4 is 28.9 Å². The summed E-state index contributed by atoms with van der Waals surface area (Å²) >= 11 is 0. The number of benzene rings is 1. The maximum atomic E-state index is 9.63. The molecule has 8 nitrogen and oxygen atoms in total. The van der Waals surface area contributed by atoms with Gasteiger partial charge in [-0.3, -0.25) is 4.90 Å². The molecule has 0 radical (unpaired) electrons. The van der Waals surface area contributed by atoms with Gasteiger partial charge in [0.1, 0.15) is 29.0 Å². The normalized spacial score (nSPS) is 17.4. The van der Waals surface area contributed by atoms with E-state index in [1.807, 2.05) is 47.0 Å². The quantitative estimate of drug-likeness (QED) is 0.339. The summed E-state index contributed by atoms with van der Waals surface area (Å²) < 4.78 is 19.5. The van der Waals surface area contributed by atoms with Crippen molar-refractivity contribution in [2.24, 2.45) is 5.16 Å². The number of likely N-dealkylation sites (tertiary alicyclic amines) is 1. The summed E-state index contributed by atoms with van der Waals surface area (Å²) in [6.07, 6.45) is 6.23. The van der Waals surface area contributed by atoms with Gasteiger partial charge in [0.05, 0.1) is 17.8 Å². The summed E-state index contributed by atoms with van der Waals surface area (Å²) in [5, 5.41) is 14.2. The van der Waals surface area contributed by atoms with Crippen LogP contribution in [-0.2, 0) is 4.74 Å². The van der Waals surface area contributed by atoms with Gasteiger partial charge in [0.25, 0.3) is 0 Å². The predicted octanol–water partition coefficient (Wildman–Crippen LogP) is 3.95. The summed E-state index contributed by atoms with van der Waals surface area (Å²) in [5.74, 6) is 1.24. The van der Waals surface area contributed by atoms with Crippen molar-refractivity contribution in [3.63, 3.8) is 0 Å². The van der Waals surface area contributed by atoms with Crippen molar-refractivity contribution in [2.45, 2.75) is 18.9 Å². The molecule has 1 N–H and O–H groups in total. The molecule has 5 rings (SSSR count). The SMILES string of the molecule is COC1CCCN(CCOc2ccc3oc(-c4cc5cccn5cn4)cc(=NO)c3c2)C1.Cl. The molecule has 1 unspecified atom stereocenters. The zero-order valence-electron chi connectivity index (χ0n) is 18.4. The van der Waals surface area contributed by atoms with E-state index in [2.05, 4.69) is 15.0 Å². The first-order valence-corrected chi connectivity index (χ1v) is 10.8. The van der Waals surface area contributed by atoms with Gasteiger partial charge in [0.2, 0.25) is 0 Å². The van der Waals surface area contributed by atoms with E-state index in [-0.39, 0.29) is 12.4 Å². The Kier molecular flexibility index (Phi) is 7.17. The maximum Gasteiger partial charge on any atom is 0.155 e. The van der Waals surface area contributed by atoms with Gasteiger partial charge in [0.15, 0.2) is 5.76 Å². The Labute approximate surface area is 197 Å². The van der Waals surface area contributed by atoms with E-state index in [4.69, 9.17) is 13.9 Å².